The summed E-state index contributed by atoms with van der Waals surface area (Å²) in [6, 6.07) is 14.4. The molecule has 0 aliphatic heterocycles. The minimum atomic E-state index is -0.656. The largest absolute Gasteiger partial charge is 0.448 e. The highest BCUT2D eigenvalue weighted by Gasteiger charge is 2.21. The van der Waals surface area contributed by atoms with Gasteiger partial charge in [0.05, 0.1) is 10.9 Å². The van der Waals surface area contributed by atoms with Gasteiger partial charge >= 0.3 is 11.6 Å². The Labute approximate surface area is 125 Å². The van der Waals surface area contributed by atoms with E-state index in [0.717, 1.165) is 0 Å². The van der Waals surface area contributed by atoms with Crippen LogP contribution in [-0.2, 0) is 5.11 Å². The van der Waals surface area contributed by atoms with Crippen LogP contribution in [0.3, 0.4) is 0 Å². The topological polar surface area (TPSA) is 59.3 Å². The summed E-state index contributed by atoms with van der Waals surface area (Å²) >= 11 is 0. The van der Waals surface area contributed by atoms with E-state index in [1.807, 2.05) is 30.3 Å². The SMILES string of the molecule is [O]c1oc(=O)c2cccc3c2c1C=C=C3Oc1ccccc1. The van der Waals surface area contributed by atoms with E-state index in [1.165, 1.54) is 6.08 Å². The summed E-state index contributed by atoms with van der Waals surface area (Å²) in [7, 11) is 0. The van der Waals surface area contributed by atoms with Gasteiger partial charge < -0.3 is 9.15 Å². The van der Waals surface area contributed by atoms with E-state index in [1.54, 1.807) is 18.2 Å². The summed E-state index contributed by atoms with van der Waals surface area (Å²) < 4.78 is 10.5. The van der Waals surface area contributed by atoms with Crippen LogP contribution >= 0.6 is 0 Å². The molecule has 0 N–H and O–H groups in total. The summed E-state index contributed by atoms with van der Waals surface area (Å²) in [6.07, 6.45) is 1.50. The van der Waals surface area contributed by atoms with Crippen LogP contribution < -0.4 is 10.4 Å². The van der Waals surface area contributed by atoms with Crippen molar-refractivity contribution in [3.63, 3.8) is 0 Å². The summed E-state index contributed by atoms with van der Waals surface area (Å²) in [5.74, 6) is 0.467. The van der Waals surface area contributed by atoms with E-state index in [9.17, 15) is 9.90 Å². The zero-order valence-corrected chi connectivity index (χ0v) is 11.3. The van der Waals surface area contributed by atoms with E-state index in [2.05, 4.69) is 5.73 Å². The van der Waals surface area contributed by atoms with Gasteiger partial charge in [0.25, 0.3) is 0 Å². The molecule has 1 radical (unpaired) electrons. The van der Waals surface area contributed by atoms with E-state index < -0.39 is 11.6 Å². The minimum Gasteiger partial charge on any atom is -0.448 e. The predicted molar refractivity (Wildman–Crippen MR) is 81.1 cm³/mol. The summed E-state index contributed by atoms with van der Waals surface area (Å²) in [5, 5.41) is 12.8. The molecular weight excluding hydrogens is 280 g/mol. The molecule has 0 spiro atoms. The van der Waals surface area contributed by atoms with Gasteiger partial charge in [0.1, 0.15) is 5.75 Å². The summed E-state index contributed by atoms with van der Waals surface area (Å²) in [5.41, 5.74) is 3.29. The molecule has 1 aliphatic carbocycles. The van der Waals surface area contributed by atoms with Gasteiger partial charge in [-0.25, -0.2) is 9.90 Å². The molecule has 1 aromatic heterocycles. The summed E-state index contributed by atoms with van der Waals surface area (Å²) in [4.78, 5) is 11.9. The van der Waals surface area contributed by atoms with Crippen LogP contribution in [0.4, 0.5) is 0 Å². The Kier molecular flexibility index (Phi) is 2.65. The lowest BCUT2D eigenvalue weighted by atomic mass is 9.97. The number of benzene rings is 2. The first-order valence-electron chi connectivity index (χ1n) is 6.71. The van der Waals surface area contributed by atoms with Crippen LogP contribution in [0.2, 0.25) is 0 Å². The van der Waals surface area contributed by atoms with Crippen molar-refractivity contribution in [3.05, 3.63) is 75.8 Å². The first kappa shape index (κ1) is 12.5. The molecule has 1 heterocycles. The standard InChI is InChI=1S/C18H9O4/c19-17-13-8-4-7-12-15(21-11-5-2-1-3-6-11)10-9-14(16(12)13)18(20)22-17/h1-9H. The molecule has 4 heteroatoms. The fraction of sp³-hybridized carbons (Fsp3) is 0. The highest BCUT2D eigenvalue weighted by atomic mass is 16.5. The third kappa shape index (κ3) is 1.83. The Morgan fingerprint density at radius 3 is 2.64 bits per heavy atom. The second-order valence-corrected chi connectivity index (χ2v) is 4.85. The normalized spacial score (nSPS) is 12.3. The minimum absolute atomic E-state index is 0.325. The van der Waals surface area contributed by atoms with Gasteiger partial charge in [0.2, 0.25) is 0 Å². The average Bonchev–Trinajstić information content (AvgIpc) is 2.54. The Hall–Kier alpha value is -3.23. The molecule has 0 unspecified atom stereocenters. The molecule has 4 nitrogen and oxygen atoms in total. The highest BCUT2D eigenvalue weighted by Crippen LogP contribution is 2.35. The van der Waals surface area contributed by atoms with Crippen molar-refractivity contribution in [2.24, 2.45) is 0 Å². The Bertz CT molecular complexity index is 1010. The monoisotopic (exact) mass is 289 g/mol. The zero-order chi connectivity index (χ0) is 15.1. The first-order chi connectivity index (χ1) is 10.7. The van der Waals surface area contributed by atoms with Gasteiger partial charge in [0, 0.05) is 10.9 Å². The molecule has 22 heavy (non-hydrogen) atoms. The van der Waals surface area contributed by atoms with Gasteiger partial charge in [0.15, 0.2) is 5.76 Å². The third-order valence-corrected chi connectivity index (χ3v) is 3.51. The Balaban J connectivity index is 1.96. The van der Waals surface area contributed by atoms with Gasteiger partial charge in [-0.05, 0) is 30.3 Å². The van der Waals surface area contributed by atoms with Crippen LogP contribution in [0.5, 0.6) is 11.7 Å². The molecule has 4 rings (SSSR count). The second-order valence-electron chi connectivity index (χ2n) is 4.85. The molecule has 2 aromatic carbocycles. The molecule has 105 valence electrons. The van der Waals surface area contributed by atoms with Crippen molar-refractivity contribution < 1.29 is 14.3 Å². The van der Waals surface area contributed by atoms with Crippen LogP contribution in [0.1, 0.15) is 11.1 Å². The molecule has 0 fully saturated rings. The zero-order valence-electron chi connectivity index (χ0n) is 11.3. The van der Waals surface area contributed by atoms with Crippen molar-refractivity contribution in [1.29, 1.82) is 0 Å². The van der Waals surface area contributed by atoms with Crippen LogP contribution in [0.25, 0.3) is 22.6 Å². The molecule has 0 saturated carbocycles. The maximum Gasteiger partial charge on any atom is 0.347 e. The van der Waals surface area contributed by atoms with Gasteiger partial charge in [-0.1, -0.05) is 30.0 Å². The van der Waals surface area contributed by atoms with Crippen LogP contribution in [-0.4, -0.2) is 0 Å². The molecule has 1 aliphatic rings. The lowest BCUT2D eigenvalue weighted by Crippen LogP contribution is -2.05. The van der Waals surface area contributed by atoms with E-state index in [4.69, 9.17) is 9.15 Å². The maximum atomic E-state index is 11.9. The first-order valence-corrected chi connectivity index (χ1v) is 6.71. The van der Waals surface area contributed by atoms with E-state index in [0.29, 0.717) is 33.4 Å². The number of para-hydroxylation sites is 1. The Morgan fingerprint density at radius 1 is 1.00 bits per heavy atom. The second kappa shape index (κ2) is 4.65. The van der Waals surface area contributed by atoms with E-state index in [-0.39, 0.29) is 0 Å². The fourth-order valence-corrected chi connectivity index (χ4v) is 2.54. The number of ether oxygens (including phenoxy) is 1. The lowest BCUT2D eigenvalue weighted by molar-refractivity contribution is 0.238. The Morgan fingerprint density at radius 2 is 1.82 bits per heavy atom. The number of hydrogen-bond acceptors (Lipinski definition) is 3. The van der Waals surface area contributed by atoms with Crippen molar-refractivity contribution in [1.82, 2.24) is 0 Å². The number of hydrogen-bond donors (Lipinski definition) is 0. The number of rotatable bonds is 2. The van der Waals surface area contributed by atoms with Crippen molar-refractivity contribution >= 4 is 22.6 Å². The molecule has 0 bridgehead atoms. The summed E-state index contributed by atoms with van der Waals surface area (Å²) in [6.45, 7) is 0. The average molecular weight is 289 g/mol. The third-order valence-electron chi connectivity index (χ3n) is 3.51. The maximum absolute atomic E-state index is 11.9. The van der Waals surface area contributed by atoms with Crippen LogP contribution in [0.15, 0.2) is 63.5 Å². The van der Waals surface area contributed by atoms with E-state index >= 15 is 0 Å². The quantitative estimate of drug-likeness (QED) is 0.670. The van der Waals surface area contributed by atoms with Crippen LogP contribution in [0, 0.1) is 0 Å². The lowest BCUT2D eigenvalue weighted by Gasteiger charge is -2.14. The van der Waals surface area contributed by atoms with Crippen molar-refractivity contribution in [3.8, 4) is 11.7 Å². The van der Waals surface area contributed by atoms with Crippen molar-refractivity contribution in [2.45, 2.75) is 0 Å². The molecule has 3 aromatic rings. The fourth-order valence-electron chi connectivity index (χ4n) is 2.54. The molecular formula is C18H9O4. The predicted octanol–water partition coefficient (Wildman–Crippen LogP) is 3.98. The highest BCUT2D eigenvalue weighted by molar-refractivity contribution is 6.01. The van der Waals surface area contributed by atoms with Gasteiger partial charge in [-0.2, -0.15) is 0 Å². The van der Waals surface area contributed by atoms with Gasteiger partial charge in [-0.15, -0.1) is 0 Å². The van der Waals surface area contributed by atoms with Crippen molar-refractivity contribution in [2.75, 3.05) is 0 Å². The smallest absolute Gasteiger partial charge is 0.347 e. The molecule has 0 saturated heterocycles. The molecule has 0 atom stereocenters. The van der Waals surface area contributed by atoms with Gasteiger partial charge in [-0.3, -0.25) is 0 Å². The molecule has 0 amide bonds.